The van der Waals surface area contributed by atoms with Crippen molar-refractivity contribution in [3.63, 3.8) is 0 Å². The standard InChI is InChI=1S/C58H33N5O12S/c1-22-42(64)33-34-40-55(51(73)49(71)44(34)66)76-54-36-35-37(46(68)50(72)48(70)45(35)67)62(38(36)47(69)53-41(54)63(40)39(33)52(43(22)65)74-75-53)26-13-9-12-24(20-26)57-59-56(23-10-3-2-4-11-23)60-58(61-57)25-18-19-31-29-16-6-5-14-27(29)28-15-7-8-17-30(28)32(31)21-25/h2-21,64-73H,1H3. The highest BCUT2D eigenvalue weighted by atomic mass is 32.2. The second-order valence-electron chi connectivity index (χ2n) is 18.7. The minimum absolute atomic E-state index is 0.00271. The molecule has 0 spiro atoms. The predicted molar refractivity (Wildman–Crippen MR) is 285 cm³/mol. The van der Waals surface area contributed by atoms with Crippen LogP contribution >= 0.6 is 11.8 Å². The van der Waals surface area contributed by atoms with Gasteiger partial charge < -0.3 is 55.6 Å². The van der Waals surface area contributed by atoms with Gasteiger partial charge in [0.2, 0.25) is 28.4 Å². The van der Waals surface area contributed by atoms with Gasteiger partial charge in [-0.2, -0.15) is 0 Å². The van der Waals surface area contributed by atoms with Crippen LogP contribution in [0.3, 0.4) is 0 Å². The molecule has 0 aliphatic carbocycles. The first-order valence-corrected chi connectivity index (χ1v) is 24.3. The van der Waals surface area contributed by atoms with Gasteiger partial charge in [-0.25, -0.2) is 15.0 Å². The van der Waals surface area contributed by atoms with Crippen LogP contribution in [0.1, 0.15) is 5.56 Å². The largest absolute Gasteiger partial charge is 0.507 e. The Labute approximate surface area is 427 Å². The molecule has 0 saturated heterocycles. The van der Waals surface area contributed by atoms with Crippen molar-refractivity contribution >= 4 is 104 Å². The highest BCUT2D eigenvalue weighted by Crippen LogP contribution is 2.63. The maximum Gasteiger partial charge on any atom is 0.247 e. The fraction of sp³-hybridized carbons (Fsp3) is 0.0172. The van der Waals surface area contributed by atoms with Gasteiger partial charge >= 0.3 is 0 Å². The van der Waals surface area contributed by atoms with E-state index in [1.807, 2.05) is 60.7 Å². The lowest BCUT2D eigenvalue weighted by atomic mass is 9.93. The molecule has 1 aliphatic rings. The summed E-state index contributed by atoms with van der Waals surface area (Å²) in [4.78, 5) is 15.0. The molecule has 0 bridgehead atoms. The number of benzene rings is 10. The van der Waals surface area contributed by atoms with E-state index in [4.69, 9.17) is 24.1 Å². The number of hydrogen-bond donors (Lipinski definition) is 10. The molecule has 0 radical (unpaired) electrons. The van der Waals surface area contributed by atoms with Crippen LogP contribution in [-0.2, 0) is 0 Å². The Bertz CT molecular complexity index is 5020. The van der Waals surface area contributed by atoms with Crippen molar-refractivity contribution < 1.29 is 60.2 Å². The van der Waals surface area contributed by atoms with Crippen LogP contribution in [0.5, 0.6) is 57.5 Å². The van der Waals surface area contributed by atoms with Crippen LogP contribution < -0.4 is 0 Å². The molecule has 10 N–H and O–H groups in total. The molecule has 15 rings (SSSR count). The molecule has 0 atom stereocenters. The minimum Gasteiger partial charge on any atom is -0.507 e. The van der Waals surface area contributed by atoms with Crippen molar-refractivity contribution in [1.82, 2.24) is 23.9 Å². The number of fused-ring (bicyclic) bond motifs is 11. The van der Waals surface area contributed by atoms with Gasteiger partial charge in [-0.1, -0.05) is 115 Å². The summed E-state index contributed by atoms with van der Waals surface area (Å²) in [7, 11) is 0. The molecule has 4 aromatic heterocycles. The van der Waals surface area contributed by atoms with Crippen LogP contribution in [0, 0.1) is 6.92 Å². The molecular formula is C58H33N5O12S. The smallest absolute Gasteiger partial charge is 0.247 e. The Morgan fingerprint density at radius 2 is 0.868 bits per heavy atom. The molecule has 17 nitrogen and oxygen atoms in total. The third-order valence-corrected chi connectivity index (χ3v) is 15.9. The molecule has 0 amide bonds. The first kappa shape index (κ1) is 43.2. The summed E-state index contributed by atoms with van der Waals surface area (Å²) in [6, 6.07) is 38.7. The summed E-state index contributed by atoms with van der Waals surface area (Å²) >= 11 is 0.783. The third-order valence-electron chi connectivity index (χ3n) is 14.7. The zero-order valence-corrected chi connectivity index (χ0v) is 39.8. The normalized spacial score (nSPS) is 12.5. The van der Waals surface area contributed by atoms with Gasteiger partial charge in [0, 0.05) is 33.3 Å². The summed E-state index contributed by atoms with van der Waals surface area (Å²) in [5.41, 5.74) is 0.413. The van der Waals surface area contributed by atoms with Gasteiger partial charge in [-0.3, -0.25) is 13.6 Å². The van der Waals surface area contributed by atoms with Gasteiger partial charge in [0.1, 0.15) is 27.8 Å². The highest BCUT2D eigenvalue weighted by Gasteiger charge is 2.39. The van der Waals surface area contributed by atoms with Gasteiger partial charge in [0.25, 0.3) is 0 Å². The zero-order chi connectivity index (χ0) is 51.9. The summed E-state index contributed by atoms with van der Waals surface area (Å²) < 4.78 is 14.4. The fourth-order valence-corrected chi connectivity index (χ4v) is 12.5. The first-order chi connectivity index (χ1) is 36.8. The number of aromatic hydroxyl groups is 10. The topological polar surface area (TPSA) is 277 Å². The van der Waals surface area contributed by atoms with Crippen LogP contribution in [0.2, 0.25) is 0 Å². The second kappa shape index (κ2) is 14.8. The molecular weight excluding hydrogens is 991 g/mol. The minimum atomic E-state index is -1.10. The molecule has 0 fully saturated rings. The summed E-state index contributed by atoms with van der Waals surface area (Å²) in [5.74, 6) is -7.45. The van der Waals surface area contributed by atoms with Crippen molar-refractivity contribution in [2.75, 3.05) is 0 Å². The predicted octanol–water partition coefficient (Wildman–Crippen LogP) is 12.7. The van der Waals surface area contributed by atoms with Crippen LogP contribution in [-0.4, -0.2) is 75.0 Å². The Morgan fingerprint density at radius 1 is 0.368 bits per heavy atom. The van der Waals surface area contributed by atoms with E-state index in [0.717, 1.165) is 44.1 Å². The Hall–Kier alpha value is -10.5. The van der Waals surface area contributed by atoms with Crippen LogP contribution in [0.25, 0.3) is 132 Å². The number of aromatic nitrogens is 5. The lowest BCUT2D eigenvalue weighted by molar-refractivity contribution is 0.0879. The van der Waals surface area contributed by atoms with Gasteiger partial charge in [0.05, 0.1) is 31.5 Å². The molecule has 1 aliphatic heterocycles. The maximum atomic E-state index is 12.8. The Morgan fingerprint density at radius 3 is 1.53 bits per heavy atom. The Balaban J connectivity index is 1.03. The first-order valence-electron chi connectivity index (χ1n) is 23.5. The molecule has 76 heavy (non-hydrogen) atoms. The number of phenolic OH excluding ortho intramolecular Hbond substituents is 10. The van der Waals surface area contributed by atoms with Crippen molar-refractivity contribution in [2.24, 2.45) is 0 Å². The zero-order valence-electron chi connectivity index (χ0n) is 39.0. The molecule has 5 heterocycles. The Kier molecular flexibility index (Phi) is 8.42. The quantitative estimate of drug-likeness (QED) is 0.0340. The monoisotopic (exact) mass is 1020 g/mol. The number of hydrogen-bond acceptors (Lipinski definition) is 16. The number of phenols is 10. The van der Waals surface area contributed by atoms with Crippen molar-refractivity contribution in [3.05, 3.63) is 127 Å². The van der Waals surface area contributed by atoms with Gasteiger partial charge in [-0.05, 0) is 57.4 Å². The van der Waals surface area contributed by atoms with Crippen molar-refractivity contribution in [1.29, 1.82) is 0 Å². The average Bonchev–Trinajstić information content (AvgIpc) is 4.16. The van der Waals surface area contributed by atoms with E-state index >= 15 is 0 Å². The van der Waals surface area contributed by atoms with Crippen molar-refractivity contribution in [3.8, 4) is 97.3 Å². The summed E-state index contributed by atoms with van der Waals surface area (Å²) in [6.45, 7) is 1.38. The van der Waals surface area contributed by atoms with E-state index in [1.54, 1.807) is 24.3 Å². The highest BCUT2D eigenvalue weighted by molar-refractivity contribution is 8.00. The van der Waals surface area contributed by atoms with E-state index in [-0.39, 0.29) is 81.6 Å². The molecule has 0 unspecified atom stereocenters. The van der Waals surface area contributed by atoms with Crippen molar-refractivity contribution in [2.45, 2.75) is 16.7 Å². The van der Waals surface area contributed by atoms with E-state index < -0.39 is 63.1 Å². The van der Waals surface area contributed by atoms with E-state index in [9.17, 15) is 51.1 Å². The molecule has 0 saturated carbocycles. The average molecular weight is 1020 g/mol. The van der Waals surface area contributed by atoms with E-state index in [0.29, 0.717) is 28.3 Å². The molecule has 10 aromatic carbocycles. The SMILES string of the molecule is Cc1c(O)c2ooc3c(O)c4c(c5c3n3c6c(c(O)c(O)c(O)c6c(c1O)c23)S5)c1c(O)c(O)c(O)c(O)c1n4-c1cccc(-c2nc(-c3ccccc3)nc(-c3ccc4c5ccccc5c5ccccc5c4c3)n2)c1. The van der Waals surface area contributed by atoms with Gasteiger partial charge in [-0.15, -0.1) is 0 Å². The van der Waals surface area contributed by atoms with E-state index in [2.05, 4.69) is 36.4 Å². The summed E-state index contributed by atoms with van der Waals surface area (Å²) in [5, 5.41) is 122. The lowest BCUT2D eigenvalue weighted by Gasteiger charge is -2.18. The third kappa shape index (κ3) is 5.35. The molecule has 18 heteroatoms. The number of rotatable bonds is 4. The van der Waals surface area contributed by atoms with Crippen LogP contribution in [0.15, 0.2) is 140 Å². The number of nitrogens with zero attached hydrogens (tertiary/aromatic N) is 5. The second-order valence-corrected chi connectivity index (χ2v) is 19.7. The van der Waals surface area contributed by atoms with Crippen LogP contribution in [0.4, 0.5) is 0 Å². The molecule has 368 valence electrons. The maximum absolute atomic E-state index is 12.8. The molecule has 14 aromatic rings. The van der Waals surface area contributed by atoms with Gasteiger partial charge in [0.15, 0.2) is 52.0 Å². The fourth-order valence-electron chi connectivity index (χ4n) is 11.3. The lowest BCUT2D eigenvalue weighted by Crippen LogP contribution is -2.01. The van der Waals surface area contributed by atoms with E-state index in [1.165, 1.54) is 15.9 Å². The summed E-state index contributed by atoms with van der Waals surface area (Å²) in [6.07, 6.45) is 0.